The highest BCUT2D eigenvalue weighted by Gasteiger charge is 2.28. The number of carbonyl (C=O) groups excluding carboxylic acids is 1. The lowest BCUT2D eigenvalue weighted by molar-refractivity contribution is -0.118. The van der Waals surface area contributed by atoms with Crippen LogP contribution < -0.4 is 10.6 Å². The molecule has 3 aromatic rings. The number of aryl methyl sites for hydroxylation is 1. The van der Waals surface area contributed by atoms with Crippen LogP contribution in [0.1, 0.15) is 19.8 Å². The van der Waals surface area contributed by atoms with E-state index < -0.39 is 0 Å². The maximum atomic E-state index is 12.4. The summed E-state index contributed by atoms with van der Waals surface area (Å²) in [6.45, 7) is 5.55. The molecule has 30 heavy (non-hydrogen) atoms. The van der Waals surface area contributed by atoms with Crippen LogP contribution in [0.15, 0.2) is 53.5 Å². The van der Waals surface area contributed by atoms with E-state index in [1.54, 1.807) is 17.5 Å². The molecule has 0 spiro atoms. The monoisotopic (exact) mass is 427 g/mol. The second kappa shape index (κ2) is 9.02. The SMILES string of the molecule is CC(=O)CC1CN(c2cccc(Cl)c2)CCN1CCCn1nc2ccccn2c1=O. The lowest BCUT2D eigenvalue weighted by Gasteiger charge is -2.42. The molecule has 1 aliphatic rings. The van der Waals surface area contributed by atoms with Crippen LogP contribution in [0.2, 0.25) is 5.02 Å². The predicted octanol–water partition coefficient (Wildman–Crippen LogP) is 2.71. The highest BCUT2D eigenvalue weighted by atomic mass is 35.5. The summed E-state index contributed by atoms with van der Waals surface area (Å²) < 4.78 is 3.08. The largest absolute Gasteiger partial charge is 0.369 e. The zero-order valence-corrected chi connectivity index (χ0v) is 17.8. The van der Waals surface area contributed by atoms with E-state index >= 15 is 0 Å². The van der Waals surface area contributed by atoms with E-state index in [-0.39, 0.29) is 17.5 Å². The van der Waals surface area contributed by atoms with E-state index in [9.17, 15) is 9.59 Å². The fourth-order valence-electron chi connectivity index (χ4n) is 4.16. The molecule has 158 valence electrons. The third-order valence-corrected chi connectivity index (χ3v) is 5.84. The number of aromatic nitrogens is 3. The van der Waals surface area contributed by atoms with Crippen molar-refractivity contribution >= 4 is 28.7 Å². The number of halogens is 1. The van der Waals surface area contributed by atoms with Gasteiger partial charge >= 0.3 is 5.69 Å². The lowest BCUT2D eigenvalue weighted by Crippen LogP contribution is -2.54. The average molecular weight is 428 g/mol. The Morgan fingerprint density at radius 1 is 1.17 bits per heavy atom. The molecule has 0 aliphatic carbocycles. The van der Waals surface area contributed by atoms with E-state index in [1.807, 2.05) is 36.4 Å². The van der Waals surface area contributed by atoms with Gasteiger partial charge in [-0.1, -0.05) is 23.7 Å². The van der Waals surface area contributed by atoms with Gasteiger partial charge in [0.1, 0.15) is 5.78 Å². The zero-order chi connectivity index (χ0) is 21.1. The first-order valence-corrected chi connectivity index (χ1v) is 10.7. The minimum atomic E-state index is -0.114. The number of hydrogen-bond acceptors (Lipinski definition) is 5. The minimum absolute atomic E-state index is 0.114. The van der Waals surface area contributed by atoms with E-state index in [1.165, 1.54) is 4.68 Å². The lowest BCUT2D eigenvalue weighted by atomic mass is 10.0. The van der Waals surface area contributed by atoms with Gasteiger partial charge in [-0.15, -0.1) is 5.10 Å². The van der Waals surface area contributed by atoms with Crippen molar-refractivity contribution in [2.45, 2.75) is 32.4 Å². The van der Waals surface area contributed by atoms with Crippen molar-refractivity contribution in [1.29, 1.82) is 0 Å². The van der Waals surface area contributed by atoms with Gasteiger partial charge in [0.15, 0.2) is 5.65 Å². The number of rotatable bonds is 7. The molecule has 0 bridgehead atoms. The molecule has 3 heterocycles. The number of benzene rings is 1. The molecular weight excluding hydrogens is 402 g/mol. The first kappa shape index (κ1) is 20.6. The first-order valence-electron chi connectivity index (χ1n) is 10.3. The quantitative estimate of drug-likeness (QED) is 0.580. The van der Waals surface area contributed by atoms with Gasteiger partial charge in [-0.25, -0.2) is 9.48 Å². The van der Waals surface area contributed by atoms with Crippen LogP contribution in [0.4, 0.5) is 5.69 Å². The number of fused-ring (bicyclic) bond motifs is 1. The summed E-state index contributed by atoms with van der Waals surface area (Å²) >= 11 is 6.16. The topological polar surface area (TPSA) is 62.9 Å². The highest BCUT2D eigenvalue weighted by Crippen LogP contribution is 2.24. The van der Waals surface area contributed by atoms with Crippen molar-refractivity contribution in [3.05, 3.63) is 64.2 Å². The minimum Gasteiger partial charge on any atom is -0.369 e. The van der Waals surface area contributed by atoms with Crippen molar-refractivity contribution in [3.63, 3.8) is 0 Å². The summed E-state index contributed by atoms with van der Waals surface area (Å²) in [5.74, 6) is 0.189. The summed E-state index contributed by atoms with van der Waals surface area (Å²) in [4.78, 5) is 29.0. The number of anilines is 1. The van der Waals surface area contributed by atoms with E-state index in [0.717, 1.165) is 43.3 Å². The Morgan fingerprint density at radius 3 is 2.80 bits per heavy atom. The van der Waals surface area contributed by atoms with Crippen molar-refractivity contribution in [3.8, 4) is 0 Å². The van der Waals surface area contributed by atoms with Crippen LogP contribution >= 0.6 is 11.6 Å². The Balaban J connectivity index is 1.40. The Kier molecular flexibility index (Phi) is 6.20. The molecule has 0 saturated carbocycles. The molecule has 0 amide bonds. The summed E-state index contributed by atoms with van der Waals surface area (Å²) in [5, 5.41) is 5.11. The molecular formula is C22H26ClN5O2. The molecule has 1 aromatic carbocycles. The fraction of sp³-hybridized carbons (Fsp3) is 0.409. The first-order chi connectivity index (χ1) is 14.5. The van der Waals surface area contributed by atoms with Gasteiger partial charge in [-0.05, 0) is 43.7 Å². The molecule has 1 saturated heterocycles. The maximum absolute atomic E-state index is 12.4. The molecule has 8 heteroatoms. The molecule has 0 N–H and O–H groups in total. The Bertz CT molecular complexity index is 1090. The zero-order valence-electron chi connectivity index (χ0n) is 17.1. The summed E-state index contributed by atoms with van der Waals surface area (Å²) in [6, 6.07) is 13.5. The average Bonchev–Trinajstić information content (AvgIpc) is 3.04. The Hall–Kier alpha value is -2.64. The van der Waals surface area contributed by atoms with Crippen LogP contribution in [-0.2, 0) is 11.3 Å². The highest BCUT2D eigenvalue weighted by molar-refractivity contribution is 6.30. The van der Waals surface area contributed by atoms with Crippen LogP contribution in [0, 0.1) is 0 Å². The normalized spacial score (nSPS) is 17.5. The number of Topliss-reactive ketones (excluding diaryl/α,β-unsaturated/α-hetero) is 1. The van der Waals surface area contributed by atoms with Gasteiger partial charge in [-0.3, -0.25) is 14.1 Å². The van der Waals surface area contributed by atoms with Crippen molar-refractivity contribution in [1.82, 2.24) is 19.1 Å². The van der Waals surface area contributed by atoms with Gasteiger partial charge in [-0.2, -0.15) is 0 Å². The molecule has 0 radical (unpaired) electrons. The van der Waals surface area contributed by atoms with Crippen LogP contribution in [0.25, 0.3) is 5.65 Å². The molecule has 4 rings (SSSR count). The van der Waals surface area contributed by atoms with Crippen molar-refractivity contribution in [2.75, 3.05) is 31.1 Å². The Labute approximate surface area is 180 Å². The standard InChI is InChI=1S/C22H26ClN5O2/c1-17(29)14-20-16-26(19-7-4-6-18(23)15-19)13-12-25(20)9-5-11-28-22(30)27-10-3-2-8-21(27)24-28/h2-4,6-8,10,15,20H,5,9,11-14,16H2,1H3. The fourth-order valence-corrected chi connectivity index (χ4v) is 4.34. The molecule has 2 aromatic heterocycles. The van der Waals surface area contributed by atoms with E-state index in [0.29, 0.717) is 18.6 Å². The van der Waals surface area contributed by atoms with Gasteiger partial charge in [0.05, 0.1) is 0 Å². The summed E-state index contributed by atoms with van der Waals surface area (Å²) in [5.41, 5.74) is 1.63. The molecule has 1 atom stereocenters. The van der Waals surface area contributed by atoms with Crippen LogP contribution in [0.5, 0.6) is 0 Å². The number of carbonyl (C=O) groups is 1. The number of ketones is 1. The molecule has 1 fully saturated rings. The summed E-state index contributed by atoms with van der Waals surface area (Å²) in [6.07, 6.45) is 3.06. The van der Waals surface area contributed by atoms with E-state index in [4.69, 9.17) is 11.6 Å². The molecule has 7 nitrogen and oxygen atoms in total. The van der Waals surface area contributed by atoms with Crippen LogP contribution in [0.3, 0.4) is 0 Å². The second-order valence-corrected chi connectivity index (χ2v) is 8.25. The summed E-state index contributed by atoms with van der Waals surface area (Å²) in [7, 11) is 0. The van der Waals surface area contributed by atoms with Crippen LogP contribution in [-0.4, -0.2) is 57.1 Å². The Morgan fingerprint density at radius 2 is 2.03 bits per heavy atom. The second-order valence-electron chi connectivity index (χ2n) is 7.81. The third kappa shape index (κ3) is 4.57. The smallest absolute Gasteiger partial charge is 0.350 e. The van der Waals surface area contributed by atoms with Crippen molar-refractivity contribution in [2.24, 2.45) is 0 Å². The predicted molar refractivity (Wildman–Crippen MR) is 118 cm³/mol. The maximum Gasteiger partial charge on any atom is 0.350 e. The third-order valence-electron chi connectivity index (χ3n) is 5.60. The van der Waals surface area contributed by atoms with Gasteiger partial charge in [0, 0.05) is 62.1 Å². The number of hydrogen-bond donors (Lipinski definition) is 0. The molecule has 1 unspecified atom stereocenters. The van der Waals surface area contributed by atoms with Gasteiger partial charge in [0.25, 0.3) is 0 Å². The number of piperazine rings is 1. The number of nitrogens with zero attached hydrogens (tertiary/aromatic N) is 5. The van der Waals surface area contributed by atoms with Gasteiger partial charge in [0.2, 0.25) is 0 Å². The van der Waals surface area contributed by atoms with E-state index in [2.05, 4.69) is 21.0 Å². The number of pyridine rings is 1. The van der Waals surface area contributed by atoms with Crippen molar-refractivity contribution < 1.29 is 4.79 Å². The van der Waals surface area contributed by atoms with Gasteiger partial charge < -0.3 is 4.90 Å². The molecule has 1 aliphatic heterocycles.